The molecule has 0 aliphatic heterocycles. The number of nitrogens with zero attached hydrogens (tertiary/aromatic N) is 5. The van der Waals surface area contributed by atoms with E-state index in [-0.39, 0.29) is 12.5 Å². The van der Waals surface area contributed by atoms with Crippen molar-refractivity contribution in [1.82, 2.24) is 20.2 Å². The minimum absolute atomic E-state index is 0.0586. The monoisotopic (exact) mass is 456 g/mol. The zero-order chi connectivity index (χ0) is 19.5. The molecular weight excluding hydrogens is 440 g/mol. The van der Waals surface area contributed by atoms with Gasteiger partial charge >= 0.3 is 0 Å². The number of benzene rings is 1. The summed E-state index contributed by atoms with van der Waals surface area (Å²) < 4.78 is 0.964. The Morgan fingerprint density at radius 1 is 1.25 bits per heavy atom. The number of nitriles is 1. The molecule has 0 fully saturated rings. The number of tetrazole rings is 1. The smallest absolute Gasteiger partial charge is 0.248 e. The second-order valence-electron chi connectivity index (χ2n) is 6.58. The Kier molecular flexibility index (Phi) is 5.50. The van der Waals surface area contributed by atoms with Crippen molar-refractivity contribution < 1.29 is 4.79 Å². The first kappa shape index (κ1) is 18.8. The molecule has 1 N–H and O–H groups in total. The van der Waals surface area contributed by atoms with Crippen LogP contribution in [0.1, 0.15) is 35.3 Å². The van der Waals surface area contributed by atoms with Gasteiger partial charge in [-0.3, -0.25) is 4.79 Å². The highest BCUT2D eigenvalue weighted by atomic mass is 79.9. The number of fused-ring (bicyclic) bond motifs is 1. The molecular formula is C19H17BrN6OS. The minimum atomic E-state index is -0.271. The lowest BCUT2D eigenvalue weighted by Crippen LogP contribution is -2.20. The van der Waals surface area contributed by atoms with E-state index in [1.165, 1.54) is 27.4 Å². The Hall–Kier alpha value is -2.57. The van der Waals surface area contributed by atoms with Crippen LogP contribution in [0.15, 0.2) is 28.7 Å². The van der Waals surface area contributed by atoms with Gasteiger partial charge in [0, 0.05) is 14.9 Å². The minimum Gasteiger partial charge on any atom is -0.315 e. The molecule has 1 aromatic carbocycles. The molecule has 0 bridgehead atoms. The van der Waals surface area contributed by atoms with Crippen molar-refractivity contribution in [2.75, 3.05) is 5.32 Å². The van der Waals surface area contributed by atoms with Crippen LogP contribution >= 0.6 is 27.3 Å². The average molecular weight is 457 g/mol. The van der Waals surface area contributed by atoms with Gasteiger partial charge in [0.1, 0.15) is 17.6 Å². The Bertz CT molecular complexity index is 1050. The van der Waals surface area contributed by atoms with Crippen LogP contribution in [0, 0.1) is 11.3 Å². The number of carbonyl (C=O) groups excluding carboxylic acids is 1. The van der Waals surface area contributed by atoms with Crippen LogP contribution in [-0.4, -0.2) is 26.1 Å². The fourth-order valence-electron chi connectivity index (χ4n) is 3.27. The summed E-state index contributed by atoms with van der Waals surface area (Å²) in [5.41, 5.74) is 2.54. The van der Waals surface area contributed by atoms with Gasteiger partial charge < -0.3 is 5.32 Å². The van der Waals surface area contributed by atoms with E-state index < -0.39 is 0 Å². The molecule has 1 aliphatic rings. The molecule has 2 heterocycles. The molecule has 142 valence electrons. The maximum atomic E-state index is 12.5. The summed E-state index contributed by atoms with van der Waals surface area (Å²) in [5.74, 6) is 0.188. The molecule has 1 aliphatic carbocycles. The molecule has 7 nitrogen and oxygen atoms in total. The zero-order valence-corrected chi connectivity index (χ0v) is 17.4. The summed E-state index contributed by atoms with van der Waals surface area (Å²) in [6, 6.07) is 9.82. The molecule has 1 amide bonds. The first-order chi connectivity index (χ1) is 13.6. The number of thiophene rings is 1. The fourth-order valence-corrected chi connectivity index (χ4v) is 4.79. The SMILES string of the molecule is N#Cc1c(NC(=O)Cn2nnc(-c3ccc(Br)cc3)n2)sc2c1CCCCC2. The summed E-state index contributed by atoms with van der Waals surface area (Å²) >= 11 is 4.91. The Labute approximate surface area is 174 Å². The number of carbonyl (C=O) groups is 1. The molecule has 2 aromatic heterocycles. The number of hydrogen-bond donors (Lipinski definition) is 1. The highest BCUT2D eigenvalue weighted by Gasteiger charge is 2.21. The number of rotatable bonds is 4. The van der Waals surface area contributed by atoms with E-state index in [9.17, 15) is 10.1 Å². The summed E-state index contributed by atoms with van der Waals surface area (Å²) in [7, 11) is 0. The maximum absolute atomic E-state index is 12.5. The van der Waals surface area contributed by atoms with Crippen LogP contribution < -0.4 is 5.32 Å². The van der Waals surface area contributed by atoms with Gasteiger partial charge in [-0.2, -0.15) is 10.1 Å². The van der Waals surface area contributed by atoms with Crippen LogP contribution in [0.5, 0.6) is 0 Å². The van der Waals surface area contributed by atoms with E-state index in [1.807, 2.05) is 24.3 Å². The van der Waals surface area contributed by atoms with Crippen LogP contribution in [0.25, 0.3) is 11.4 Å². The average Bonchev–Trinajstić information content (AvgIpc) is 3.19. The third kappa shape index (κ3) is 3.98. The lowest BCUT2D eigenvalue weighted by molar-refractivity contribution is -0.117. The van der Waals surface area contributed by atoms with Crippen LogP contribution in [0.2, 0.25) is 0 Å². The summed E-state index contributed by atoms with van der Waals surface area (Å²) in [4.78, 5) is 15.0. The molecule has 0 spiro atoms. The van der Waals surface area contributed by atoms with Crippen molar-refractivity contribution in [3.63, 3.8) is 0 Å². The van der Waals surface area contributed by atoms with E-state index in [2.05, 4.69) is 42.7 Å². The van der Waals surface area contributed by atoms with Gasteiger partial charge in [0.15, 0.2) is 0 Å². The number of hydrogen-bond acceptors (Lipinski definition) is 6. The van der Waals surface area contributed by atoms with Crippen molar-refractivity contribution in [3.05, 3.63) is 44.7 Å². The van der Waals surface area contributed by atoms with Crippen LogP contribution in [0.4, 0.5) is 5.00 Å². The van der Waals surface area contributed by atoms with Gasteiger partial charge in [-0.25, -0.2) is 0 Å². The lowest BCUT2D eigenvalue weighted by atomic mass is 10.1. The quantitative estimate of drug-likeness (QED) is 0.599. The highest BCUT2D eigenvalue weighted by molar-refractivity contribution is 9.10. The molecule has 0 saturated carbocycles. The number of halogens is 1. The van der Waals surface area contributed by atoms with Crippen molar-refractivity contribution in [1.29, 1.82) is 5.26 Å². The van der Waals surface area contributed by atoms with E-state index in [0.717, 1.165) is 41.3 Å². The van der Waals surface area contributed by atoms with Crippen molar-refractivity contribution in [2.24, 2.45) is 0 Å². The molecule has 0 saturated heterocycles. The summed E-state index contributed by atoms with van der Waals surface area (Å²) in [6.45, 7) is -0.0586. The van der Waals surface area contributed by atoms with E-state index in [0.29, 0.717) is 16.4 Å². The third-order valence-electron chi connectivity index (χ3n) is 4.63. The number of nitrogens with one attached hydrogen (secondary N) is 1. The van der Waals surface area contributed by atoms with Gasteiger partial charge in [-0.05, 0) is 60.7 Å². The van der Waals surface area contributed by atoms with Crippen molar-refractivity contribution >= 4 is 38.2 Å². The van der Waals surface area contributed by atoms with Crippen molar-refractivity contribution in [3.8, 4) is 17.5 Å². The first-order valence-electron chi connectivity index (χ1n) is 9.02. The van der Waals surface area contributed by atoms with Gasteiger partial charge in [-0.1, -0.05) is 22.4 Å². The first-order valence-corrected chi connectivity index (χ1v) is 10.6. The molecule has 28 heavy (non-hydrogen) atoms. The predicted molar refractivity (Wildman–Crippen MR) is 110 cm³/mol. The standard InChI is InChI=1S/C19H17BrN6OS/c20-13-8-6-12(7-9-13)18-23-25-26(24-18)11-17(27)22-19-15(10-21)14-4-2-1-3-5-16(14)28-19/h6-9H,1-5,11H2,(H,22,27). The van der Waals surface area contributed by atoms with Gasteiger partial charge in [0.2, 0.25) is 11.7 Å². The topological polar surface area (TPSA) is 96.5 Å². The van der Waals surface area contributed by atoms with Gasteiger partial charge in [-0.15, -0.1) is 21.5 Å². The fraction of sp³-hybridized carbons (Fsp3) is 0.316. The van der Waals surface area contributed by atoms with Crippen LogP contribution in [0.3, 0.4) is 0 Å². The Morgan fingerprint density at radius 2 is 2.04 bits per heavy atom. The predicted octanol–water partition coefficient (Wildman–Crippen LogP) is 3.94. The third-order valence-corrected chi connectivity index (χ3v) is 6.36. The molecule has 9 heteroatoms. The zero-order valence-electron chi connectivity index (χ0n) is 15.0. The summed E-state index contributed by atoms with van der Waals surface area (Å²) in [5, 5.41) is 25.3. The molecule has 0 unspecified atom stereocenters. The number of aromatic nitrogens is 4. The molecule has 4 rings (SSSR count). The number of aryl methyl sites for hydroxylation is 1. The number of amides is 1. The maximum Gasteiger partial charge on any atom is 0.248 e. The lowest BCUT2D eigenvalue weighted by Gasteiger charge is -2.03. The van der Waals surface area contributed by atoms with Crippen LogP contribution in [-0.2, 0) is 24.2 Å². The highest BCUT2D eigenvalue weighted by Crippen LogP contribution is 2.36. The van der Waals surface area contributed by atoms with Crippen molar-refractivity contribution in [2.45, 2.75) is 38.6 Å². The van der Waals surface area contributed by atoms with E-state index in [4.69, 9.17) is 0 Å². The molecule has 0 atom stereocenters. The van der Waals surface area contributed by atoms with Gasteiger partial charge in [0.05, 0.1) is 5.56 Å². The second-order valence-corrected chi connectivity index (χ2v) is 8.60. The molecule has 0 radical (unpaired) electrons. The van der Waals surface area contributed by atoms with E-state index >= 15 is 0 Å². The van der Waals surface area contributed by atoms with E-state index in [1.54, 1.807) is 0 Å². The Balaban J connectivity index is 1.47. The summed E-state index contributed by atoms with van der Waals surface area (Å²) in [6.07, 6.45) is 5.30. The normalized spacial score (nSPS) is 13.4. The second kappa shape index (κ2) is 8.20. The molecule has 3 aromatic rings. The number of anilines is 1. The Morgan fingerprint density at radius 3 is 2.82 bits per heavy atom. The van der Waals surface area contributed by atoms with Gasteiger partial charge in [0.25, 0.3) is 0 Å². The largest absolute Gasteiger partial charge is 0.315 e.